The predicted molar refractivity (Wildman–Crippen MR) is 90.5 cm³/mol. The number of aromatic nitrogens is 2. The van der Waals surface area contributed by atoms with E-state index in [1.807, 2.05) is 12.4 Å². The van der Waals surface area contributed by atoms with E-state index in [4.69, 9.17) is 0 Å². The highest BCUT2D eigenvalue weighted by atomic mass is 15.2. The van der Waals surface area contributed by atoms with Crippen LogP contribution in [0.25, 0.3) is 0 Å². The van der Waals surface area contributed by atoms with Crippen molar-refractivity contribution in [1.82, 2.24) is 15.3 Å². The van der Waals surface area contributed by atoms with E-state index in [2.05, 4.69) is 61.7 Å². The van der Waals surface area contributed by atoms with Crippen LogP contribution in [0, 0.1) is 17.8 Å². The van der Waals surface area contributed by atoms with E-state index in [0.717, 1.165) is 37.7 Å². The molecular formula is C17H32N4. The maximum atomic E-state index is 4.61. The highest BCUT2D eigenvalue weighted by Gasteiger charge is 2.12. The minimum Gasteiger partial charge on any atom is -0.355 e. The molecule has 120 valence electrons. The Morgan fingerprint density at radius 2 is 1.52 bits per heavy atom. The van der Waals surface area contributed by atoms with E-state index < -0.39 is 0 Å². The average molecular weight is 292 g/mol. The molecule has 0 radical (unpaired) electrons. The second-order valence-corrected chi connectivity index (χ2v) is 7.08. The molecule has 4 nitrogen and oxygen atoms in total. The zero-order valence-corrected chi connectivity index (χ0v) is 14.6. The SMILES string of the molecule is CC(C)CNCc1cnc(N(CC(C)C)CC(C)C)cn1. The standard InChI is InChI=1S/C17H32N4/c1-13(2)7-18-8-16-9-20-17(10-19-16)21(11-14(3)4)12-15(5)6/h9-10,13-15,18H,7-8,11-12H2,1-6H3. The van der Waals surface area contributed by atoms with Gasteiger partial charge in [0.15, 0.2) is 0 Å². The van der Waals surface area contributed by atoms with Crippen molar-refractivity contribution in [3.63, 3.8) is 0 Å². The summed E-state index contributed by atoms with van der Waals surface area (Å²) in [6, 6.07) is 0. The molecule has 0 spiro atoms. The van der Waals surface area contributed by atoms with Crippen molar-refractivity contribution in [2.24, 2.45) is 17.8 Å². The molecule has 0 atom stereocenters. The molecule has 0 amide bonds. The van der Waals surface area contributed by atoms with E-state index in [-0.39, 0.29) is 0 Å². The molecule has 0 aliphatic rings. The van der Waals surface area contributed by atoms with Crippen molar-refractivity contribution in [2.75, 3.05) is 24.5 Å². The summed E-state index contributed by atoms with van der Waals surface area (Å²) in [5, 5.41) is 3.40. The quantitative estimate of drug-likeness (QED) is 0.758. The zero-order valence-electron chi connectivity index (χ0n) is 14.6. The van der Waals surface area contributed by atoms with Gasteiger partial charge in [-0.15, -0.1) is 0 Å². The van der Waals surface area contributed by atoms with Crippen molar-refractivity contribution in [3.05, 3.63) is 18.1 Å². The zero-order chi connectivity index (χ0) is 15.8. The van der Waals surface area contributed by atoms with Crippen LogP contribution < -0.4 is 10.2 Å². The van der Waals surface area contributed by atoms with Crippen molar-refractivity contribution >= 4 is 5.82 Å². The lowest BCUT2D eigenvalue weighted by atomic mass is 10.1. The topological polar surface area (TPSA) is 41.1 Å². The number of rotatable bonds is 9. The van der Waals surface area contributed by atoms with Gasteiger partial charge in [0.1, 0.15) is 5.82 Å². The summed E-state index contributed by atoms with van der Waals surface area (Å²) < 4.78 is 0. The Hall–Kier alpha value is -1.16. The van der Waals surface area contributed by atoms with Crippen LogP contribution in [0.2, 0.25) is 0 Å². The fourth-order valence-electron chi connectivity index (χ4n) is 2.23. The lowest BCUT2D eigenvalue weighted by Crippen LogP contribution is -2.32. The summed E-state index contributed by atoms with van der Waals surface area (Å²) in [5.74, 6) is 2.89. The van der Waals surface area contributed by atoms with Gasteiger partial charge in [0.05, 0.1) is 18.1 Å². The lowest BCUT2D eigenvalue weighted by molar-refractivity contribution is 0.542. The van der Waals surface area contributed by atoms with Gasteiger partial charge in [-0.3, -0.25) is 4.98 Å². The smallest absolute Gasteiger partial charge is 0.147 e. The first-order valence-corrected chi connectivity index (χ1v) is 8.15. The van der Waals surface area contributed by atoms with Gasteiger partial charge < -0.3 is 10.2 Å². The number of hydrogen-bond acceptors (Lipinski definition) is 4. The summed E-state index contributed by atoms with van der Waals surface area (Å²) in [4.78, 5) is 11.5. The molecule has 4 heteroatoms. The van der Waals surface area contributed by atoms with Crippen LogP contribution >= 0.6 is 0 Å². The maximum Gasteiger partial charge on any atom is 0.147 e. The first-order valence-electron chi connectivity index (χ1n) is 8.15. The molecule has 0 aliphatic heterocycles. The summed E-state index contributed by atoms with van der Waals surface area (Å²) in [6.07, 6.45) is 3.81. The van der Waals surface area contributed by atoms with Gasteiger partial charge in [-0.25, -0.2) is 4.98 Å². The number of nitrogens with zero attached hydrogens (tertiary/aromatic N) is 3. The molecule has 0 saturated heterocycles. The third-order valence-corrected chi connectivity index (χ3v) is 3.05. The summed E-state index contributed by atoms with van der Waals surface area (Å²) in [5.41, 5.74) is 1.01. The fourth-order valence-corrected chi connectivity index (χ4v) is 2.23. The van der Waals surface area contributed by atoms with Crippen molar-refractivity contribution in [3.8, 4) is 0 Å². The van der Waals surface area contributed by atoms with Crippen LogP contribution in [-0.2, 0) is 6.54 Å². The van der Waals surface area contributed by atoms with Gasteiger partial charge in [0.25, 0.3) is 0 Å². The Morgan fingerprint density at radius 3 is 1.95 bits per heavy atom. The van der Waals surface area contributed by atoms with E-state index in [9.17, 15) is 0 Å². The molecule has 1 heterocycles. The number of nitrogens with one attached hydrogen (secondary N) is 1. The lowest BCUT2D eigenvalue weighted by Gasteiger charge is -2.27. The Labute approximate surface area is 130 Å². The van der Waals surface area contributed by atoms with E-state index >= 15 is 0 Å². The van der Waals surface area contributed by atoms with E-state index in [0.29, 0.717) is 17.8 Å². The van der Waals surface area contributed by atoms with E-state index in [1.54, 1.807) is 0 Å². The van der Waals surface area contributed by atoms with Crippen LogP contribution in [0.5, 0.6) is 0 Å². The Kier molecular flexibility index (Phi) is 7.65. The van der Waals surface area contributed by atoms with Crippen LogP contribution in [0.1, 0.15) is 47.2 Å². The van der Waals surface area contributed by atoms with Crippen molar-refractivity contribution in [1.29, 1.82) is 0 Å². The van der Waals surface area contributed by atoms with Gasteiger partial charge >= 0.3 is 0 Å². The molecular weight excluding hydrogens is 260 g/mol. The molecule has 0 bridgehead atoms. The molecule has 1 aromatic heterocycles. The normalized spacial score (nSPS) is 11.7. The summed E-state index contributed by atoms with van der Waals surface area (Å²) in [7, 11) is 0. The maximum absolute atomic E-state index is 4.61. The molecule has 0 aromatic carbocycles. The van der Waals surface area contributed by atoms with E-state index in [1.165, 1.54) is 0 Å². The predicted octanol–water partition coefficient (Wildman–Crippen LogP) is 3.34. The second kappa shape index (κ2) is 8.98. The molecule has 1 rings (SSSR count). The Balaban J connectivity index is 2.63. The first-order chi connectivity index (χ1) is 9.88. The second-order valence-electron chi connectivity index (χ2n) is 7.08. The highest BCUT2D eigenvalue weighted by molar-refractivity contribution is 5.35. The fraction of sp³-hybridized carbons (Fsp3) is 0.765. The van der Waals surface area contributed by atoms with Crippen LogP contribution in [-0.4, -0.2) is 29.6 Å². The van der Waals surface area contributed by atoms with Gasteiger partial charge in [0, 0.05) is 19.6 Å². The molecule has 21 heavy (non-hydrogen) atoms. The van der Waals surface area contributed by atoms with Crippen molar-refractivity contribution in [2.45, 2.75) is 48.1 Å². The summed E-state index contributed by atoms with van der Waals surface area (Å²) in [6.45, 7) is 17.2. The molecule has 0 unspecified atom stereocenters. The third-order valence-electron chi connectivity index (χ3n) is 3.05. The van der Waals surface area contributed by atoms with Crippen molar-refractivity contribution < 1.29 is 0 Å². The Morgan fingerprint density at radius 1 is 0.905 bits per heavy atom. The molecule has 1 N–H and O–H groups in total. The largest absolute Gasteiger partial charge is 0.355 e. The van der Waals surface area contributed by atoms with Gasteiger partial charge in [0.2, 0.25) is 0 Å². The van der Waals surface area contributed by atoms with Crippen LogP contribution in [0.4, 0.5) is 5.82 Å². The molecule has 1 aromatic rings. The molecule has 0 aliphatic carbocycles. The number of anilines is 1. The van der Waals surface area contributed by atoms with Crippen LogP contribution in [0.15, 0.2) is 12.4 Å². The monoisotopic (exact) mass is 292 g/mol. The average Bonchev–Trinajstić information content (AvgIpc) is 2.37. The van der Waals surface area contributed by atoms with Gasteiger partial charge in [-0.1, -0.05) is 41.5 Å². The molecule has 0 fully saturated rings. The summed E-state index contributed by atoms with van der Waals surface area (Å²) >= 11 is 0. The minimum absolute atomic E-state index is 0.623. The number of hydrogen-bond donors (Lipinski definition) is 1. The van der Waals surface area contributed by atoms with Gasteiger partial charge in [-0.2, -0.15) is 0 Å². The Bertz CT molecular complexity index is 374. The van der Waals surface area contributed by atoms with Gasteiger partial charge in [-0.05, 0) is 24.3 Å². The molecule has 0 saturated carbocycles. The van der Waals surface area contributed by atoms with Crippen LogP contribution in [0.3, 0.4) is 0 Å². The highest BCUT2D eigenvalue weighted by Crippen LogP contribution is 2.14. The third kappa shape index (κ3) is 7.42. The first kappa shape index (κ1) is 17.9. The minimum atomic E-state index is 0.623.